The summed E-state index contributed by atoms with van der Waals surface area (Å²) in [5.41, 5.74) is 7.73. The number of benzene rings is 1. The third-order valence-electron chi connectivity index (χ3n) is 5.80. The Morgan fingerprint density at radius 3 is 2.95 bits per heavy atom. The normalized spacial score (nSPS) is 31.2. The Morgan fingerprint density at radius 1 is 1.36 bits per heavy atom. The van der Waals surface area contributed by atoms with Crippen LogP contribution < -0.4 is 5.73 Å². The fourth-order valence-electron chi connectivity index (χ4n) is 4.68. The first-order valence-corrected chi connectivity index (χ1v) is 8.23. The summed E-state index contributed by atoms with van der Waals surface area (Å²) in [5, 5.41) is 0. The molecule has 114 valence electrons. The maximum absolute atomic E-state index is 11.6. The lowest BCUT2D eigenvalue weighted by Crippen LogP contribution is -2.44. The summed E-state index contributed by atoms with van der Waals surface area (Å²) in [6.07, 6.45) is 6.32. The van der Waals surface area contributed by atoms with Crippen molar-refractivity contribution in [3.8, 4) is 0 Å². The van der Waals surface area contributed by atoms with Gasteiger partial charge in [-0.15, -0.1) is 0 Å². The molecule has 5 rings (SSSR count). The van der Waals surface area contributed by atoms with E-state index in [-0.39, 0.29) is 5.54 Å². The van der Waals surface area contributed by atoms with E-state index in [1.165, 1.54) is 38.6 Å². The van der Waals surface area contributed by atoms with Crippen LogP contribution in [-0.4, -0.2) is 33.4 Å². The molecule has 2 heterocycles. The molecule has 2 bridgehead atoms. The van der Waals surface area contributed by atoms with Crippen molar-refractivity contribution in [2.45, 2.75) is 43.7 Å². The maximum Gasteiger partial charge on any atom is 0.250 e. The summed E-state index contributed by atoms with van der Waals surface area (Å²) in [7, 11) is 0. The van der Waals surface area contributed by atoms with Crippen LogP contribution in [0.25, 0.3) is 11.0 Å². The summed E-state index contributed by atoms with van der Waals surface area (Å²) < 4.78 is 0. The van der Waals surface area contributed by atoms with E-state index >= 15 is 0 Å². The number of piperidine rings is 1. The molecular weight excluding hydrogens is 276 g/mol. The molecule has 1 aromatic carbocycles. The van der Waals surface area contributed by atoms with Gasteiger partial charge < -0.3 is 10.7 Å². The lowest BCUT2D eigenvalue weighted by atomic mass is 9.95. The van der Waals surface area contributed by atoms with E-state index in [1.54, 1.807) is 6.07 Å². The van der Waals surface area contributed by atoms with Crippen LogP contribution in [0.15, 0.2) is 18.2 Å². The van der Waals surface area contributed by atoms with Crippen LogP contribution in [0.5, 0.6) is 0 Å². The second-order valence-corrected chi connectivity index (χ2v) is 7.18. The van der Waals surface area contributed by atoms with Gasteiger partial charge in [0.15, 0.2) is 0 Å². The maximum atomic E-state index is 11.6. The number of para-hydroxylation sites is 1. The van der Waals surface area contributed by atoms with Crippen LogP contribution in [0.2, 0.25) is 0 Å². The van der Waals surface area contributed by atoms with Crippen LogP contribution in [0.4, 0.5) is 0 Å². The monoisotopic (exact) mass is 296 g/mol. The van der Waals surface area contributed by atoms with Crippen LogP contribution in [0.3, 0.4) is 0 Å². The van der Waals surface area contributed by atoms with Gasteiger partial charge in [-0.05, 0) is 50.2 Å². The topological polar surface area (TPSA) is 75.0 Å². The van der Waals surface area contributed by atoms with Gasteiger partial charge in [0, 0.05) is 12.6 Å². The van der Waals surface area contributed by atoms with E-state index in [2.05, 4.69) is 9.88 Å². The highest BCUT2D eigenvalue weighted by Crippen LogP contribution is 2.55. The molecule has 1 saturated heterocycles. The predicted molar refractivity (Wildman–Crippen MR) is 83.4 cm³/mol. The molecule has 5 nitrogen and oxygen atoms in total. The quantitative estimate of drug-likeness (QED) is 0.911. The number of nitrogens with two attached hydrogens (primary N) is 1. The zero-order valence-corrected chi connectivity index (χ0v) is 12.5. The lowest BCUT2D eigenvalue weighted by molar-refractivity contribution is 0.0977. The van der Waals surface area contributed by atoms with Crippen LogP contribution in [-0.2, 0) is 5.54 Å². The summed E-state index contributed by atoms with van der Waals surface area (Å²) >= 11 is 0. The SMILES string of the molecule is NC(=O)c1cccc2[nH]c([C@]34CC[C@H](CN3C3CC3)C4)nc12. The summed E-state index contributed by atoms with van der Waals surface area (Å²) in [4.78, 5) is 22.7. The van der Waals surface area contributed by atoms with Gasteiger partial charge in [-0.2, -0.15) is 0 Å². The van der Waals surface area contributed by atoms with Crippen molar-refractivity contribution in [3.63, 3.8) is 0 Å². The van der Waals surface area contributed by atoms with Gasteiger partial charge in [0.2, 0.25) is 0 Å². The van der Waals surface area contributed by atoms with Gasteiger partial charge in [0.05, 0.1) is 16.6 Å². The molecular formula is C17H20N4O. The molecule has 3 aliphatic rings. The first kappa shape index (κ1) is 12.6. The highest BCUT2D eigenvalue weighted by atomic mass is 16.1. The Kier molecular flexibility index (Phi) is 2.36. The van der Waals surface area contributed by atoms with Crippen molar-refractivity contribution in [2.24, 2.45) is 11.7 Å². The number of carbonyl (C=O) groups is 1. The van der Waals surface area contributed by atoms with Crippen molar-refractivity contribution in [1.29, 1.82) is 0 Å². The predicted octanol–water partition coefficient (Wildman–Crippen LogP) is 2.14. The number of aromatic nitrogens is 2. The number of hydrogen-bond acceptors (Lipinski definition) is 3. The van der Waals surface area contributed by atoms with Crippen molar-refractivity contribution in [2.75, 3.05) is 6.54 Å². The number of likely N-dealkylation sites (tertiary alicyclic amines) is 1. The van der Waals surface area contributed by atoms with Crippen molar-refractivity contribution >= 4 is 16.9 Å². The average Bonchev–Trinajstić information content (AvgIpc) is 2.98. The van der Waals surface area contributed by atoms with E-state index in [4.69, 9.17) is 10.7 Å². The smallest absolute Gasteiger partial charge is 0.250 e. The number of imidazole rings is 1. The number of primary amides is 1. The van der Waals surface area contributed by atoms with E-state index in [1.807, 2.05) is 12.1 Å². The lowest BCUT2D eigenvalue weighted by Gasteiger charge is -2.37. The summed E-state index contributed by atoms with van der Waals surface area (Å²) in [6, 6.07) is 6.36. The molecule has 2 atom stereocenters. The molecule has 1 aromatic heterocycles. The van der Waals surface area contributed by atoms with Gasteiger partial charge in [0.25, 0.3) is 5.91 Å². The Hall–Kier alpha value is -1.88. The number of aromatic amines is 1. The number of nitrogens with zero attached hydrogens (tertiary/aromatic N) is 2. The molecule has 1 aliphatic heterocycles. The second-order valence-electron chi connectivity index (χ2n) is 7.18. The molecule has 5 heteroatoms. The molecule has 2 saturated carbocycles. The van der Waals surface area contributed by atoms with Crippen LogP contribution in [0.1, 0.15) is 48.3 Å². The molecule has 1 amide bonds. The van der Waals surface area contributed by atoms with Crippen LogP contribution >= 0.6 is 0 Å². The summed E-state index contributed by atoms with van der Waals surface area (Å²) in [5.74, 6) is 1.45. The molecule has 0 radical (unpaired) electrons. The average molecular weight is 296 g/mol. The third kappa shape index (κ3) is 1.57. The second kappa shape index (κ2) is 4.10. The minimum atomic E-state index is -0.407. The molecule has 0 spiro atoms. The van der Waals surface area contributed by atoms with Gasteiger partial charge in [0.1, 0.15) is 11.3 Å². The Bertz CT molecular complexity index is 778. The van der Waals surface area contributed by atoms with E-state index < -0.39 is 5.91 Å². The minimum Gasteiger partial charge on any atom is -0.366 e. The summed E-state index contributed by atoms with van der Waals surface area (Å²) in [6.45, 7) is 1.21. The van der Waals surface area contributed by atoms with E-state index in [9.17, 15) is 4.79 Å². The number of fused-ring (bicyclic) bond motifs is 3. The highest BCUT2D eigenvalue weighted by Gasteiger charge is 2.57. The molecule has 22 heavy (non-hydrogen) atoms. The van der Waals surface area contributed by atoms with Gasteiger partial charge in [-0.3, -0.25) is 9.69 Å². The van der Waals surface area contributed by atoms with Crippen molar-refractivity contribution in [3.05, 3.63) is 29.6 Å². The van der Waals surface area contributed by atoms with E-state index in [0.29, 0.717) is 5.56 Å². The number of hydrogen-bond donors (Lipinski definition) is 2. The van der Waals surface area contributed by atoms with Gasteiger partial charge >= 0.3 is 0 Å². The number of rotatable bonds is 3. The Labute approximate surface area is 128 Å². The zero-order chi connectivity index (χ0) is 14.9. The standard InChI is InChI=1S/C17H20N4O/c18-15(22)12-2-1-3-13-14(12)20-16(19-13)17-7-6-10(8-17)9-21(17)11-4-5-11/h1-3,10-11H,4-9H2,(H2,18,22)(H,19,20)/t10-,17+/m0/s1. The Morgan fingerprint density at radius 2 is 2.23 bits per heavy atom. The first-order valence-electron chi connectivity index (χ1n) is 8.23. The number of nitrogens with one attached hydrogen (secondary N) is 1. The number of H-pyrrole nitrogens is 1. The first-order chi connectivity index (χ1) is 10.7. The number of amides is 1. The van der Waals surface area contributed by atoms with E-state index in [0.717, 1.165) is 28.8 Å². The minimum absolute atomic E-state index is 0.0692. The third-order valence-corrected chi connectivity index (χ3v) is 5.80. The largest absolute Gasteiger partial charge is 0.366 e. The molecule has 3 N–H and O–H groups in total. The zero-order valence-electron chi connectivity index (χ0n) is 12.5. The Balaban J connectivity index is 1.67. The van der Waals surface area contributed by atoms with Gasteiger partial charge in [-0.1, -0.05) is 6.07 Å². The van der Waals surface area contributed by atoms with Gasteiger partial charge in [-0.25, -0.2) is 4.98 Å². The molecule has 2 aromatic rings. The fraction of sp³-hybridized carbons (Fsp3) is 0.529. The highest BCUT2D eigenvalue weighted by molar-refractivity contribution is 6.04. The van der Waals surface area contributed by atoms with Crippen LogP contribution in [0, 0.1) is 5.92 Å². The molecule has 3 fully saturated rings. The molecule has 0 unspecified atom stereocenters. The molecule has 2 aliphatic carbocycles. The van der Waals surface area contributed by atoms with Crippen molar-refractivity contribution in [1.82, 2.24) is 14.9 Å². The fourth-order valence-corrected chi connectivity index (χ4v) is 4.68. The van der Waals surface area contributed by atoms with Crippen molar-refractivity contribution < 1.29 is 4.79 Å². The number of carbonyl (C=O) groups excluding carboxylic acids is 1.